The molecule has 1 unspecified atom stereocenters. The topological polar surface area (TPSA) is 67.3 Å². The first kappa shape index (κ1) is 9.82. The third kappa shape index (κ3) is 1.25. The summed E-state index contributed by atoms with van der Waals surface area (Å²) in [5, 5.41) is 2.67. The Morgan fingerprint density at radius 1 is 1.60 bits per heavy atom. The fourth-order valence-corrected chi connectivity index (χ4v) is 2.08. The molecule has 2 rings (SSSR count). The minimum Gasteiger partial charge on any atom is -0.453 e. The van der Waals surface area contributed by atoms with Crippen LogP contribution in [-0.2, 0) is 18.3 Å². The fourth-order valence-electron chi connectivity index (χ4n) is 2.08. The van der Waals surface area contributed by atoms with Gasteiger partial charge in [0.15, 0.2) is 0 Å². The molecule has 1 N–H and O–H groups in total. The molecule has 0 radical (unpaired) electrons. The number of amides is 1. The number of methoxy groups -OCH3 is 1. The second-order valence-corrected chi connectivity index (χ2v) is 3.64. The quantitative estimate of drug-likeness (QED) is 0.673. The van der Waals surface area contributed by atoms with Crippen LogP contribution in [0, 0.1) is 0 Å². The first-order valence-corrected chi connectivity index (χ1v) is 4.68. The van der Waals surface area contributed by atoms with E-state index in [2.05, 4.69) is 9.84 Å². The number of nitrogens with zero attached hydrogens (tertiary/aromatic N) is 2. The summed E-state index contributed by atoms with van der Waals surface area (Å²) in [6, 6.07) is -0.128. The molecular weight excluding hydrogens is 198 g/mol. The van der Waals surface area contributed by atoms with Crippen LogP contribution in [0.2, 0.25) is 0 Å². The van der Waals surface area contributed by atoms with Crippen LogP contribution in [0.5, 0.6) is 0 Å². The highest BCUT2D eigenvalue weighted by molar-refractivity contribution is 5.69. The molecule has 0 spiro atoms. The molecule has 0 fully saturated rings. The predicted molar refractivity (Wildman–Crippen MR) is 52.4 cm³/mol. The third-order valence-electron chi connectivity index (χ3n) is 2.81. The van der Waals surface area contributed by atoms with E-state index < -0.39 is 6.09 Å². The maximum Gasteiger partial charge on any atom is 0.410 e. The summed E-state index contributed by atoms with van der Waals surface area (Å²) < 4.78 is 6.31. The van der Waals surface area contributed by atoms with Crippen LogP contribution in [0.4, 0.5) is 4.79 Å². The number of hydrogen-bond acceptors (Lipinski definition) is 3. The molecule has 82 valence electrons. The number of aryl methyl sites for hydroxylation is 1. The van der Waals surface area contributed by atoms with Gasteiger partial charge < -0.3 is 4.74 Å². The summed E-state index contributed by atoms with van der Waals surface area (Å²) in [7, 11) is 3.10. The molecule has 0 saturated carbocycles. The van der Waals surface area contributed by atoms with Crippen LogP contribution in [0.25, 0.3) is 0 Å². The van der Waals surface area contributed by atoms with E-state index in [-0.39, 0.29) is 11.6 Å². The molecule has 0 bridgehead atoms. The molecule has 1 aromatic heterocycles. The number of carbonyl (C=O) groups is 1. The van der Waals surface area contributed by atoms with Gasteiger partial charge in [-0.15, -0.1) is 0 Å². The molecule has 1 aromatic rings. The fraction of sp³-hybridized carbons (Fsp3) is 0.556. The number of H-pyrrole nitrogens is 1. The van der Waals surface area contributed by atoms with E-state index in [1.807, 2.05) is 6.92 Å². The second kappa shape index (κ2) is 3.15. The number of aromatic amines is 1. The van der Waals surface area contributed by atoms with Crippen LogP contribution >= 0.6 is 0 Å². The second-order valence-electron chi connectivity index (χ2n) is 3.64. The van der Waals surface area contributed by atoms with Crippen molar-refractivity contribution in [3.8, 4) is 0 Å². The Morgan fingerprint density at radius 3 is 2.80 bits per heavy atom. The molecular formula is C9H13N3O3. The Morgan fingerprint density at radius 2 is 2.27 bits per heavy atom. The van der Waals surface area contributed by atoms with E-state index in [1.54, 1.807) is 11.7 Å². The summed E-state index contributed by atoms with van der Waals surface area (Å²) in [5.74, 6) is 0. The van der Waals surface area contributed by atoms with Crippen molar-refractivity contribution in [2.45, 2.75) is 19.5 Å². The summed E-state index contributed by atoms with van der Waals surface area (Å²) in [6.45, 7) is 2.19. The van der Waals surface area contributed by atoms with Gasteiger partial charge in [-0.3, -0.25) is 19.5 Å². The Kier molecular flexibility index (Phi) is 2.06. The first-order valence-electron chi connectivity index (χ1n) is 4.68. The maximum absolute atomic E-state index is 11.5. The van der Waals surface area contributed by atoms with Crippen molar-refractivity contribution in [2.75, 3.05) is 7.11 Å². The molecule has 2 heterocycles. The average Bonchev–Trinajstić information content (AvgIpc) is 2.67. The summed E-state index contributed by atoms with van der Waals surface area (Å²) in [6.07, 6.45) is -0.405. The van der Waals surface area contributed by atoms with Crippen molar-refractivity contribution < 1.29 is 9.53 Å². The Labute approximate surface area is 86.4 Å². The lowest BCUT2D eigenvalue weighted by Crippen LogP contribution is -2.29. The summed E-state index contributed by atoms with van der Waals surface area (Å²) in [5.41, 5.74) is 1.37. The monoisotopic (exact) mass is 211 g/mol. The van der Waals surface area contributed by atoms with Crippen LogP contribution in [0.3, 0.4) is 0 Å². The highest BCUT2D eigenvalue weighted by Crippen LogP contribution is 2.30. The lowest BCUT2D eigenvalue weighted by Gasteiger charge is -2.20. The van der Waals surface area contributed by atoms with Crippen LogP contribution in [-0.4, -0.2) is 27.9 Å². The van der Waals surface area contributed by atoms with Gasteiger partial charge in [0, 0.05) is 7.05 Å². The maximum atomic E-state index is 11.5. The molecule has 1 aliphatic rings. The van der Waals surface area contributed by atoms with Gasteiger partial charge >= 0.3 is 6.09 Å². The van der Waals surface area contributed by atoms with Crippen molar-refractivity contribution in [3.63, 3.8) is 0 Å². The van der Waals surface area contributed by atoms with Gasteiger partial charge in [-0.25, -0.2) is 4.79 Å². The van der Waals surface area contributed by atoms with E-state index >= 15 is 0 Å². The van der Waals surface area contributed by atoms with Gasteiger partial charge in [-0.05, 0) is 6.92 Å². The van der Waals surface area contributed by atoms with Gasteiger partial charge in [0.05, 0.1) is 31.0 Å². The zero-order valence-electron chi connectivity index (χ0n) is 8.90. The van der Waals surface area contributed by atoms with Crippen LogP contribution < -0.4 is 5.56 Å². The molecule has 1 amide bonds. The first-order chi connectivity index (χ1) is 7.06. The van der Waals surface area contributed by atoms with Crippen LogP contribution in [0.1, 0.15) is 24.2 Å². The Balaban J connectivity index is 2.42. The van der Waals surface area contributed by atoms with Crippen molar-refractivity contribution in [3.05, 3.63) is 21.6 Å². The number of carbonyl (C=O) groups excluding carboxylic acids is 1. The van der Waals surface area contributed by atoms with Crippen molar-refractivity contribution >= 4 is 6.09 Å². The molecule has 1 aliphatic heterocycles. The standard InChI is InChI=1S/C9H13N3O3/c1-5-7-6(8(13)10-11(7)2)4-12(5)9(14)15-3/h5H,4H2,1-3H3,(H,10,13). The Bertz CT molecular complexity index is 460. The van der Waals surface area contributed by atoms with E-state index in [0.29, 0.717) is 12.1 Å². The smallest absolute Gasteiger partial charge is 0.410 e. The van der Waals surface area contributed by atoms with Gasteiger partial charge in [0.2, 0.25) is 0 Å². The Hall–Kier alpha value is -1.72. The zero-order valence-corrected chi connectivity index (χ0v) is 8.90. The largest absolute Gasteiger partial charge is 0.453 e. The van der Waals surface area contributed by atoms with Crippen molar-refractivity contribution in [2.24, 2.45) is 7.05 Å². The minimum atomic E-state index is -0.405. The SMILES string of the molecule is COC(=O)N1Cc2c(n(C)[nH]c2=O)C1C. The van der Waals surface area contributed by atoms with Gasteiger partial charge in [0.1, 0.15) is 0 Å². The lowest BCUT2D eigenvalue weighted by molar-refractivity contribution is 0.110. The molecule has 15 heavy (non-hydrogen) atoms. The molecule has 0 aliphatic carbocycles. The molecule has 6 heteroatoms. The molecule has 6 nitrogen and oxygen atoms in total. The predicted octanol–water partition coefficient (Wildman–Crippen LogP) is 0.356. The number of fused-ring (bicyclic) bond motifs is 1. The van der Waals surface area contributed by atoms with Gasteiger partial charge in [-0.2, -0.15) is 0 Å². The highest BCUT2D eigenvalue weighted by Gasteiger charge is 2.35. The van der Waals surface area contributed by atoms with E-state index in [9.17, 15) is 9.59 Å². The zero-order chi connectivity index (χ0) is 11.2. The number of ether oxygens (including phenoxy) is 1. The minimum absolute atomic E-state index is 0.128. The molecule has 0 aromatic carbocycles. The number of hydrogen-bond donors (Lipinski definition) is 1. The number of nitrogens with one attached hydrogen (secondary N) is 1. The normalized spacial score (nSPS) is 19.1. The highest BCUT2D eigenvalue weighted by atomic mass is 16.5. The van der Waals surface area contributed by atoms with Crippen LogP contribution in [0.15, 0.2) is 4.79 Å². The third-order valence-corrected chi connectivity index (χ3v) is 2.81. The van der Waals surface area contributed by atoms with Crippen molar-refractivity contribution in [1.29, 1.82) is 0 Å². The van der Waals surface area contributed by atoms with E-state index in [0.717, 1.165) is 5.69 Å². The molecule has 1 atom stereocenters. The molecule has 0 saturated heterocycles. The van der Waals surface area contributed by atoms with Crippen molar-refractivity contribution in [1.82, 2.24) is 14.7 Å². The van der Waals surface area contributed by atoms with Gasteiger partial charge in [-0.1, -0.05) is 0 Å². The van der Waals surface area contributed by atoms with Gasteiger partial charge in [0.25, 0.3) is 5.56 Å². The number of rotatable bonds is 0. The number of aromatic nitrogens is 2. The average molecular weight is 211 g/mol. The summed E-state index contributed by atoms with van der Waals surface area (Å²) in [4.78, 5) is 24.4. The van der Waals surface area contributed by atoms with E-state index in [4.69, 9.17) is 0 Å². The summed E-state index contributed by atoms with van der Waals surface area (Å²) >= 11 is 0. The van der Waals surface area contributed by atoms with E-state index in [1.165, 1.54) is 12.0 Å². The lowest BCUT2D eigenvalue weighted by atomic mass is 10.2.